The zero-order chi connectivity index (χ0) is 23.7. The van der Waals surface area contributed by atoms with Crippen LogP contribution in [0.25, 0.3) is 0 Å². The highest BCUT2D eigenvalue weighted by atomic mass is 16.3. The van der Waals surface area contributed by atoms with Gasteiger partial charge in [0.25, 0.3) is 0 Å². The molecular weight excluding hydrogens is 392 g/mol. The van der Waals surface area contributed by atoms with E-state index in [2.05, 4.69) is 55.0 Å². The lowest BCUT2D eigenvalue weighted by Gasteiger charge is -2.73. The van der Waals surface area contributed by atoms with Crippen LogP contribution in [-0.2, 0) is 4.79 Å². The molecule has 0 unspecified atom stereocenters. The fraction of sp³-hybridized carbons (Fsp3) is 0.900. The molecule has 0 aromatic carbocycles. The fourth-order valence-electron chi connectivity index (χ4n) is 10.6. The van der Waals surface area contributed by atoms with E-state index in [1.807, 2.05) is 0 Å². The summed E-state index contributed by atoms with van der Waals surface area (Å²) in [6.07, 6.45) is 12.5. The minimum absolute atomic E-state index is 0.0476. The number of aliphatic hydroxyl groups is 1. The van der Waals surface area contributed by atoms with Crippen molar-refractivity contribution >= 4 is 6.29 Å². The van der Waals surface area contributed by atoms with E-state index >= 15 is 0 Å². The van der Waals surface area contributed by atoms with E-state index in [1.165, 1.54) is 50.5 Å². The standard InChI is InChI=1S/C30H50O2/c1-20(2)21-12-15-29(7)23(27(21,5)14-9-19-31)10-11-24-28(6)18-17-26(3,4)25(32)22(28)13-16-30(24,29)8/h19,21-25,32H,1,9-18H2,2-8H3/t21-,22-,23+,24+,25+,27-,28+,29-,30-/m0/s1. The first-order valence-corrected chi connectivity index (χ1v) is 13.5. The minimum Gasteiger partial charge on any atom is -0.392 e. The Labute approximate surface area is 198 Å². The highest BCUT2D eigenvalue weighted by molar-refractivity contribution is 5.49. The van der Waals surface area contributed by atoms with E-state index in [1.54, 1.807) is 0 Å². The van der Waals surface area contributed by atoms with Gasteiger partial charge < -0.3 is 9.90 Å². The second-order valence-electron chi connectivity index (χ2n) is 14.3. The third-order valence-electron chi connectivity index (χ3n) is 12.6. The van der Waals surface area contributed by atoms with E-state index in [9.17, 15) is 9.90 Å². The molecule has 0 radical (unpaired) electrons. The number of hydrogen-bond acceptors (Lipinski definition) is 2. The van der Waals surface area contributed by atoms with Gasteiger partial charge in [-0.1, -0.05) is 53.7 Å². The van der Waals surface area contributed by atoms with Crippen LogP contribution in [0.15, 0.2) is 12.2 Å². The fourth-order valence-corrected chi connectivity index (χ4v) is 10.6. The van der Waals surface area contributed by atoms with E-state index in [0.717, 1.165) is 19.1 Å². The number of fused-ring (bicyclic) bond motifs is 5. The van der Waals surface area contributed by atoms with Crippen LogP contribution in [-0.4, -0.2) is 17.5 Å². The highest BCUT2D eigenvalue weighted by Gasteiger charge is 2.69. The van der Waals surface area contributed by atoms with Crippen LogP contribution in [0.5, 0.6) is 0 Å². The second kappa shape index (κ2) is 7.69. The van der Waals surface area contributed by atoms with Gasteiger partial charge in [0, 0.05) is 6.42 Å². The number of allylic oxidation sites excluding steroid dienone is 1. The van der Waals surface area contributed by atoms with Crippen molar-refractivity contribution in [3.8, 4) is 0 Å². The molecule has 0 aromatic heterocycles. The summed E-state index contributed by atoms with van der Waals surface area (Å²) in [5.41, 5.74) is 2.39. The zero-order valence-electron chi connectivity index (χ0n) is 22.1. The summed E-state index contributed by atoms with van der Waals surface area (Å²) in [6, 6.07) is 0. The summed E-state index contributed by atoms with van der Waals surface area (Å²) in [5.74, 6) is 2.32. The van der Waals surface area contributed by atoms with Gasteiger partial charge in [0.2, 0.25) is 0 Å². The zero-order valence-corrected chi connectivity index (χ0v) is 22.1. The van der Waals surface area contributed by atoms with Gasteiger partial charge in [-0.3, -0.25) is 0 Å². The maximum Gasteiger partial charge on any atom is 0.120 e. The highest BCUT2D eigenvalue weighted by Crippen LogP contribution is 2.76. The average Bonchev–Trinajstić information content (AvgIpc) is 2.71. The molecule has 0 amide bonds. The third kappa shape index (κ3) is 3.10. The van der Waals surface area contributed by atoms with Crippen LogP contribution in [0, 0.1) is 50.7 Å². The van der Waals surface area contributed by atoms with Crippen LogP contribution in [0.4, 0.5) is 0 Å². The topological polar surface area (TPSA) is 37.3 Å². The molecule has 9 atom stereocenters. The predicted molar refractivity (Wildman–Crippen MR) is 133 cm³/mol. The van der Waals surface area contributed by atoms with Crippen LogP contribution in [0.2, 0.25) is 0 Å². The Bertz CT molecular complexity index is 769. The van der Waals surface area contributed by atoms with Crippen molar-refractivity contribution in [2.45, 2.75) is 119 Å². The second-order valence-corrected chi connectivity index (χ2v) is 14.3. The van der Waals surface area contributed by atoms with Crippen molar-refractivity contribution in [3.05, 3.63) is 12.2 Å². The number of aliphatic hydroxyl groups excluding tert-OH is 1. The van der Waals surface area contributed by atoms with Crippen LogP contribution in [0.1, 0.15) is 113 Å². The van der Waals surface area contributed by atoms with Crippen LogP contribution < -0.4 is 0 Å². The summed E-state index contributed by atoms with van der Waals surface area (Å²) in [7, 11) is 0. The van der Waals surface area contributed by atoms with Gasteiger partial charge in [-0.25, -0.2) is 0 Å². The largest absolute Gasteiger partial charge is 0.392 e. The molecule has 0 bridgehead atoms. The number of carbonyl (C=O) groups excluding carboxylic acids is 1. The smallest absolute Gasteiger partial charge is 0.120 e. The summed E-state index contributed by atoms with van der Waals surface area (Å²) in [5, 5.41) is 11.4. The molecule has 182 valence electrons. The first-order chi connectivity index (χ1) is 14.8. The van der Waals surface area contributed by atoms with Crippen molar-refractivity contribution in [1.82, 2.24) is 0 Å². The van der Waals surface area contributed by atoms with Gasteiger partial charge in [-0.2, -0.15) is 0 Å². The molecule has 4 aliphatic rings. The first-order valence-electron chi connectivity index (χ1n) is 13.5. The van der Waals surface area contributed by atoms with Gasteiger partial charge in [-0.15, -0.1) is 0 Å². The molecule has 0 heterocycles. The molecule has 0 spiro atoms. The van der Waals surface area contributed by atoms with Gasteiger partial charge in [0.15, 0.2) is 0 Å². The Hall–Kier alpha value is -0.630. The molecule has 4 rings (SSSR count). The van der Waals surface area contributed by atoms with Gasteiger partial charge in [0.05, 0.1) is 6.10 Å². The van der Waals surface area contributed by atoms with Gasteiger partial charge in [0.1, 0.15) is 6.29 Å². The number of carbonyl (C=O) groups is 1. The average molecular weight is 443 g/mol. The lowest BCUT2D eigenvalue weighted by atomic mass is 9.32. The maximum absolute atomic E-state index is 11.4. The lowest BCUT2D eigenvalue weighted by molar-refractivity contribution is -0.250. The first kappa shape index (κ1) is 24.5. The van der Waals surface area contributed by atoms with Crippen molar-refractivity contribution in [1.29, 1.82) is 0 Å². The SMILES string of the molecule is C=C(C)[C@@H]1CC[C@@]2(C)[C@H](CC[C@@H]3[C@]4(C)CCC(C)(C)[C@H](O)[C@@H]4CC[C@@]32C)[C@@]1(C)CCC=O. The molecule has 32 heavy (non-hydrogen) atoms. The van der Waals surface area contributed by atoms with Crippen LogP contribution >= 0.6 is 0 Å². The van der Waals surface area contributed by atoms with Gasteiger partial charge in [-0.05, 0) is 115 Å². The summed E-state index contributed by atoms with van der Waals surface area (Å²) >= 11 is 0. The molecule has 2 nitrogen and oxygen atoms in total. The Kier molecular flexibility index (Phi) is 5.89. The Morgan fingerprint density at radius 2 is 1.50 bits per heavy atom. The van der Waals surface area contributed by atoms with E-state index in [4.69, 9.17) is 0 Å². The molecule has 0 saturated heterocycles. The normalized spacial score (nSPS) is 52.3. The molecule has 4 saturated carbocycles. The predicted octanol–water partition coefficient (Wildman–Crippen LogP) is 7.59. The Morgan fingerprint density at radius 1 is 0.906 bits per heavy atom. The van der Waals surface area contributed by atoms with Gasteiger partial charge >= 0.3 is 0 Å². The van der Waals surface area contributed by atoms with E-state index in [0.29, 0.717) is 40.9 Å². The lowest BCUT2D eigenvalue weighted by Crippen LogP contribution is -2.67. The molecular formula is C30H50O2. The molecule has 0 aliphatic heterocycles. The summed E-state index contributed by atoms with van der Waals surface area (Å²) in [6.45, 7) is 21.5. The molecule has 2 heteroatoms. The molecule has 4 aliphatic carbocycles. The summed E-state index contributed by atoms with van der Waals surface area (Å²) in [4.78, 5) is 11.4. The third-order valence-corrected chi connectivity index (χ3v) is 12.6. The quantitative estimate of drug-likeness (QED) is 0.359. The maximum atomic E-state index is 11.4. The Morgan fingerprint density at radius 3 is 2.12 bits per heavy atom. The molecule has 1 N–H and O–H groups in total. The summed E-state index contributed by atoms with van der Waals surface area (Å²) < 4.78 is 0. The minimum atomic E-state index is -0.173. The van der Waals surface area contributed by atoms with Crippen LogP contribution in [0.3, 0.4) is 0 Å². The number of rotatable bonds is 4. The van der Waals surface area contributed by atoms with Crippen molar-refractivity contribution < 1.29 is 9.90 Å². The number of hydrogen-bond donors (Lipinski definition) is 1. The molecule has 4 fully saturated rings. The van der Waals surface area contributed by atoms with E-state index in [-0.39, 0.29) is 22.3 Å². The van der Waals surface area contributed by atoms with Crippen molar-refractivity contribution in [3.63, 3.8) is 0 Å². The molecule has 0 aromatic rings. The Balaban J connectivity index is 1.73. The van der Waals surface area contributed by atoms with Crippen molar-refractivity contribution in [2.24, 2.45) is 50.7 Å². The number of aldehydes is 1. The monoisotopic (exact) mass is 442 g/mol. The van der Waals surface area contributed by atoms with Crippen molar-refractivity contribution in [2.75, 3.05) is 0 Å². The van der Waals surface area contributed by atoms with E-state index < -0.39 is 0 Å².